The third-order valence-corrected chi connectivity index (χ3v) is 11.8. The lowest BCUT2D eigenvalue weighted by molar-refractivity contribution is -0.143. The Hall–Kier alpha value is -2.15. The molecular weight excluding hydrogens is 733 g/mol. The van der Waals surface area contributed by atoms with Crippen molar-refractivity contribution in [3.8, 4) is 0 Å². The molecule has 59 heavy (non-hydrogen) atoms. The monoisotopic (exact) mass is 831 g/mol. The van der Waals surface area contributed by atoms with Gasteiger partial charge in [0.2, 0.25) is 5.91 Å². The Morgan fingerprint density at radius 2 is 0.780 bits per heavy atom. The van der Waals surface area contributed by atoms with Crippen LogP contribution in [0.4, 0.5) is 0 Å². The fraction of sp³-hybridized carbons (Fsp3) is 0.865. The fourth-order valence-corrected chi connectivity index (χ4v) is 7.85. The molecule has 0 radical (unpaired) electrons. The van der Waals surface area contributed by atoms with Crippen LogP contribution in [0.3, 0.4) is 0 Å². The van der Waals surface area contributed by atoms with Gasteiger partial charge in [-0.1, -0.05) is 193 Å². The van der Waals surface area contributed by atoms with Gasteiger partial charge in [0, 0.05) is 32.4 Å². The zero-order valence-electron chi connectivity index (χ0n) is 40.1. The second-order valence-corrected chi connectivity index (χ2v) is 17.8. The molecule has 346 valence electrons. The van der Waals surface area contributed by atoms with Crippen LogP contribution in [-0.2, 0) is 23.9 Å². The lowest BCUT2D eigenvalue weighted by atomic mass is 9.93. The highest BCUT2D eigenvalue weighted by Gasteiger charge is 2.13. The van der Waals surface area contributed by atoms with Gasteiger partial charge in [-0.05, 0) is 77.4 Å². The zero-order valence-corrected chi connectivity index (χ0v) is 40.1. The van der Waals surface area contributed by atoms with Crippen molar-refractivity contribution in [1.82, 2.24) is 9.80 Å². The number of hydrogen-bond acceptors (Lipinski definition) is 6. The van der Waals surface area contributed by atoms with E-state index in [4.69, 9.17) is 9.47 Å². The number of nitrogens with zero attached hydrogens (tertiary/aromatic N) is 2. The molecule has 7 heteroatoms. The van der Waals surface area contributed by atoms with Gasteiger partial charge in [0.05, 0.1) is 0 Å². The lowest BCUT2D eigenvalue weighted by Crippen LogP contribution is -2.33. The minimum Gasteiger partial charge on any atom is -0.461 e. The summed E-state index contributed by atoms with van der Waals surface area (Å²) in [4.78, 5) is 41.8. The Labute approximate surface area is 366 Å². The van der Waals surface area contributed by atoms with Crippen LogP contribution in [0.1, 0.15) is 233 Å². The van der Waals surface area contributed by atoms with Gasteiger partial charge in [-0.2, -0.15) is 0 Å². The summed E-state index contributed by atoms with van der Waals surface area (Å²) < 4.78 is 10.9. The van der Waals surface area contributed by atoms with Crippen LogP contribution in [0, 0.1) is 11.8 Å². The lowest BCUT2D eigenvalue weighted by Gasteiger charge is -2.23. The van der Waals surface area contributed by atoms with Crippen molar-refractivity contribution < 1.29 is 23.9 Å². The van der Waals surface area contributed by atoms with Crippen LogP contribution in [0.25, 0.3) is 0 Å². The number of ether oxygens (including phenoxy) is 2. The van der Waals surface area contributed by atoms with Crippen molar-refractivity contribution in [1.29, 1.82) is 0 Å². The van der Waals surface area contributed by atoms with Crippen molar-refractivity contribution in [2.24, 2.45) is 11.8 Å². The first-order valence-corrected chi connectivity index (χ1v) is 25.3. The van der Waals surface area contributed by atoms with Gasteiger partial charge in [0.1, 0.15) is 13.2 Å². The third-order valence-electron chi connectivity index (χ3n) is 11.8. The second-order valence-electron chi connectivity index (χ2n) is 17.8. The highest BCUT2D eigenvalue weighted by Crippen LogP contribution is 2.21. The van der Waals surface area contributed by atoms with Gasteiger partial charge < -0.3 is 19.3 Å². The Balaban J connectivity index is 4.13. The van der Waals surface area contributed by atoms with Crippen LogP contribution in [0.5, 0.6) is 0 Å². The molecule has 0 aromatic heterocycles. The molecule has 0 aliphatic heterocycles. The second kappa shape index (κ2) is 43.9. The number of carbonyl (C=O) groups excluding carboxylic acids is 3. The number of amides is 1. The maximum Gasteiger partial charge on any atom is 0.306 e. The Morgan fingerprint density at radius 3 is 1.14 bits per heavy atom. The van der Waals surface area contributed by atoms with E-state index in [1.54, 1.807) is 0 Å². The molecule has 0 rings (SSSR count). The minimum atomic E-state index is -0.0738. The van der Waals surface area contributed by atoms with Crippen molar-refractivity contribution in [2.75, 3.05) is 46.9 Å². The Kier molecular flexibility index (Phi) is 42.3. The van der Waals surface area contributed by atoms with Crippen molar-refractivity contribution in [3.05, 3.63) is 24.3 Å². The number of allylic oxidation sites excluding steroid dienone is 2. The maximum absolute atomic E-state index is 13.1. The molecule has 1 amide bonds. The van der Waals surface area contributed by atoms with E-state index >= 15 is 0 Å². The number of unbranched alkanes of at least 4 members (excludes halogenated alkanes) is 16. The minimum absolute atomic E-state index is 0.0738. The quantitative estimate of drug-likeness (QED) is 0.0346. The molecular formula is C52H98N2O5. The van der Waals surface area contributed by atoms with Crippen LogP contribution >= 0.6 is 0 Å². The average Bonchev–Trinajstić information content (AvgIpc) is 3.22. The molecule has 0 aliphatic carbocycles. The summed E-state index contributed by atoms with van der Waals surface area (Å²) in [6, 6.07) is 0. The van der Waals surface area contributed by atoms with Crippen molar-refractivity contribution >= 4 is 17.8 Å². The van der Waals surface area contributed by atoms with E-state index in [-0.39, 0.29) is 11.9 Å². The first kappa shape index (κ1) is 56.9. The third kappa shape index (κ3) is 39.7. The molecule has 0 N–H and O–H groups in total. The number of esters is 2. The Bertz CT molecular complexity index is 929. The molecule has 0 spiro atoms. The summed E-state index contributed by atoms with van der Waals surface area (Å²) in [5.74, 6) is 1.69. The van der Waals surface area contributed by atoms with Gasteiger partial charge in [-0.15, -0.1) is 0 Å². The van der Waals surface area contributed by atoms with Crippen LogP contribution in [0.15, 0.2) is 24.3 Å². The Morgan fingerprint density at radius 1 is 0.424 bits per heavy atom. The van der Waals surface area contributed by atoms with E-state index in [2.05, 4.69) is 63.7 Å². The molecule has 0 aromatic rings. The first-order valence-electron chi connectivity index (χ1n) is 25.3. The zero-order chi connectivity index (χ0) is 43.4. The number of carbonyl (C=O) groups is 3. The van der Waals surface area contributed by atoms with E-state index in [9.17, 15) is 14.4 Å². The molecule has 0 bridgehead atoms. The molecule has 0 fully saturated rings. The van der Waals surface area contributed by atoms with E-state index < -0.39 is 0 Å². The number of hydrogen-bond donors (Lipinski definition) is 0. The van der Waals surface area contributed by atoms with Crippen molar-refractivity contribution in [3.63, 3.8) is 0 Å². The molecule has 0 atom stereocenters. The largest absolute Gasteiger partial charge is 0.461 e. The summed E-state index contributed by atoms with van der Waals surface area (Å²) in [7, 11) is 4.13. The van der Waals surface area contributed by atoms with E-state index in [1.807, 2.05) is 12.2 Å². The summed E-state index contributed by atoms with van der Waals surface area (Å²) in [6.07, 6.45) is 44.2. The summed E-state index contributed by atoms with van der Waals surface area (Å²) >= 11 is 0. The van der Waals surface area contributed by atoms with Gasteiger partial charge in [0.15, 0.2) is 0 Å². The summed E-state index contributed by atoms with van der Waals surface area (Å²) in [6.45, 7) is 12.5. The van der Waals surface area contributed by atoms with Gasteiger partial charge >= 0.3 is 11.9 Å². The average molecular weight is 831 g/mol. The molecule has 0 aromatic carbocycles. The van der Waals surface area contributed by atoms with E-state index in [0.29, 0.717) is 38.4 Å². The molecule has 7 nitrogen and oxygen atoms in total. The molecule has 0 heterocycles. The highest BCUT2D eigenvalue weighted by atomic mass is 16.5. The fourth-order valence-electron chi connectivity index (χ4n) is 7.85. The normalized spacial score (nSPS) is 11.9. The van der Waals surface area contributed by atoms with Gasteiger partial charge in [0.25, 0.3) is 0 Å². The standard InChI is InChI=1S/C52H98N2O5/c1-7-11-34-48(35-12-8-2)38-27-31-46-58-51(56)41-25-21-17-15-19-23-29-44-54(50(55)40-33-43-53(5)6)45-30-24-20-16-18-22-26-42-52(57)59-47-32-28-39-49(36-13-9-3)37-14-10-4/h27-28,31-32,48-49H,7-26,29-30,33-47H2,1-6H3/b31-27-,32-28-. The smallest absolute Gasteiger partial charge is 0.306 e. The summed E-state index contributed by atoms with van der Waals surface area (Å²) in [5, 5.41) is 0. The first-order chi connectivity index (χ1) is 28.8. The molecule has 0 unspecified atom stereocenters. The predicted molar refractivity (Wildman–Crippen MR) is 253 cm³/mol. The van der Waals surface area contributed by atoms with Crippen LogP contribution in [-0.4, -0.2) is 74.6 Å². The van der Waals surface area contributed by atoms with Gasteiger partial charge in [-0.3, -0.25) is 14.4 Å². The van der Waals surface area contributed by atoms with Crippen molar-refractivity contribution in [2.45, 2.75) is 233 Å². The molecule has 0 saturated carbocycles. The number of rotatable bonds is 44. The molecule has 0 saturated heterocycles. The SMILES string of the molecule is CCCCC(C/C=C\COC(=O)CCCCCCCCCN(CCCCCCCCCC(=O)OC/C=C\CC(CCCC)CCCC)C(=O)CCCN(C)C)CCCC. The summed E-state index contributed by atoms with van der Waals surface area (Å²) in [5.41, 5.74) is 0. The van der Waals surface area contributed by atoms with E-state index in [0.717, 1.165) is 115 Å². The van der Waals surface area contributed by atoms with Crippen LogP contribution < -0.4 is 0 Å². The highest BCUT2D eigenvalue weighted by molar-refractivity contribution is 5.76. The molecule has 0 aliphatic rings. The van der Waals surface area contributed by atoms with Crippen LogP contribution in [0.2, 0.25) is 0 Å². The topological polar surface area (TPSA) is 76.1 Å². The predicted octanol–water partition coefficient (Wildman–Crippen LogP) is 14.4. The van der Waals surface area contributed by atoms with E-state index in [1.165, 1.54) is 103 Å². The van der Waals surface area contributed by atoms with Gasteiger partial charge in [-0.25, -0.2) is 0 Å². The maximum atomic E-state index is 13.1.